The molecule has 0 aromatic heterocycles. The van der Waals surface area contributed by atoms with Crippen LogP contribution in [0, 0.1) is 17.7 Å². The SMILES string of the molecule is CC(C)C[C@@H](NC(=O)C(C)Cc1cccc(F)c1)C(=O)O. The van der Waals surface area contributed by atoms with Gasteiger partial charge in [-0.1, -0.05) is 32.9 Å². The number of rotatable bonds is 7. The molecule has 0 spiro atoms. The predicted octanol–water partition coefficient (Wildman–Crippen LogP) is 2.62. The van der Waals surface area contributed by atoms with E-state index in [0.29, 0.717) is 18.4 Å². The molecule has 21 heavy (non-hydrogen) atoms. The summed E-state index contributed by atoms with van der Waals surface area (Å²) in [6.07, 6.45) is 0.755. The molecule has 1 amide bonds. The van der Waals surface area contributed by atoms with Gasteiger partial charge in [0, 0.05) is 5.92 Å². The highest BCUT2D eigenvalue weighted by molar-refractivity contribution is 5.84. The molecule has 0 aliphatic carbocycles. The molecule has 0 aliphatic rings. The highest BCUT2D eigenvalue weighted by Crippen LogP contribution is 2.12. The number of aliphatic carboxylic acids is 1. The lowest BCUT2D eigenvalue weighted by atomic mass is 9.98. The Balaban J connectivity index is 2.62. The van der Waals surface area contributed by atoms with Crippen molar-refractivity contribution in [1.29, 1.82) is 0 Å². The number of carboxylic acids is 1. The largest absolute Gasteiger partial charge is 0.480 e. The summed E-state index contributed by atoms with van der Waals surface area (Å²) in [5.41, 5.74) is 0.716. The standard InChI is InChI=1S/C16H22FNO3/c1-10(2)7-14(16(20)21)18-15(19)11(3)8-12-5-4-6-13(17)9-12/h4-6,9-11,14H,7-8H2,1-3H3,(H,18,19)(H,20,21)/t11?,14-/m1/s1. The summed E-state index contributed by atoms with van der Waals surface area (Å²) < 4.78 is 13.1. The Bertz CT molecular complexity index is 502. The van der Waals surface area contributed by atoms with Gasteiger partial charge in [-0.05, 0) is 36.5 Å². The van der Waals surface area contributed by atoms with E-state index in [9.17, 15) is 14.0 Å². The van der Waals surface area contributed by atoms with Crippen LogP contribution in [0.1, 0.15) is 32.8 Å². The van der Waals surface area contributed by atoms with Gasteiger partial charge in [-0.3, -0.25) is 4.79 Å². The van der Waals surface area contributed by atoms with Crippen LogP contribution in [0.2, 0.25) is 0 Å². The van der Waals surface area contributed by atoms with E-state index in [4.69, 9.17) is 5.11 Å². The van der Waals surface area contributed by atoms with Crippen LogP contribution in [-0.4, -0.2) is 23.0 Å². The molecule has 1 rings (SSSR count). The van der Waals surface area contributed by atoms with Crippen molar-refractivity contribution in [3.63, 3.8) is 0 Å². The maximum absolute atomic E-state index is 13.1. The van der Waals surface area contributed by atoms with Gasteiger partial charge in [0.25, 0.3) is 0 Å². The number of benzene rings is 1. The Morgan fingerprint density at radius 1 is 1.29 bits per heavy atom. The molecule has 0 fully saturated rings. The smallest absolute Gasteiger partial charge is 0.326 e. The summed E-state index contributed by atoms with van der Waals surface area (Å²) in [5, 5.41) is 11.7. The van der Waals surface area contributed by atoms with E-state index < -0.39 is 17.9 Å². The first-order valence-electron chi connectivity index (χ1n) is 7.07. The molecule has 2 atom stereocenters. The van der Waals surface area contributed by atoms with Gasteiger partial charge < -0.3 is 10.4 Å². The highest BCUT2D eigenvalue weighted by atomic mass is 19.1. The fraction of sp³-hybridized carbons (Fsp3) is 0.500. The van der Waals surface area contributed by atoms with Gasteiger partial charge in [-0.2, -0.15) is 0 Å². The molecule has 0 radical (unpaired) electrons. The highest BCUT2D eigenvalue weighted by Gasteiger charge is 2.23. The second-order valence-corrected chi connectivity index (χ2v) is 5.76. The number of hydrogen-bond acceptors (Lipinski definition) is 2. The molecule has 0 saturated heterocycles. The number of halogens is 1. The van der Waals surface area contributed by atoms with Crippen molar-refractivity contribution in [3.05, 3.63) is 35.6 Å². The van der Waals surface area contributed by atoms with Crippen molar-refractivity contribution < 1.29 is 19.1 Å². The van der Waals surface area contributed by atoms with E-state index >= 15 is 0 Å². The van der Waals surface area contributed by atoms with Gasteiger partial charge in [0.15, 0.2) is 0 Å². The van der Waals surface area contributed by atoms with E-state index in [0.717, 1.165) is 0 Å². The van der Waals surface area contributed by atoms with Crippen molar-refractivity contribution in [1.82, 2.24) is 5.32 Å². The fourth-order valence-corrected chi connectivity index (χ4v) is 2.12. The van der Waals surface area contributed by atoms with Crippen LogP contribution in [0.3, 0.4) is 0 Å². The third-order valence-electron chi connectivity index (χ3n) is 3.20. The molecule has 116 valence electrons. The van der Waals surface area contributed by atoms with E-state index in [1.807, 2.05) is 13.8 Å². The van der Waals surface area contributed by atoms with Gasteiger partial charge in [0.1, 0.15) is 11.9 Å². The lowest BCUT2D eigenvalue weighted by molar-refractivity contribution is -0.142. The normalized spacial score (nSPS) is 13.8. The number of amides is 1. The second-order valence-electron chi connectivity index (χ2n) is 5.76. The number of carboxylic acid groups (broad SMARTS) is 1. The second kappa shape index (κ2) is 7.76. The molecule has 1 unspecified atom stereocenters. The number of carbonyl (C=O) groups excluding carboxylic acids is 1. The summed E-state index contributed by atoms with van der Waals surface area (Å²) >= 11 is 0. The van der Waals surface area contributed by atoms with Crippen LogP contribution >= 0.6 is 0 Å². The Morgan fingerprint density at radius 3 is 2.48 bits per heavy atom. The molecule has 0 bridgehead atoms. The Hall–Kier alpha value is -1.91. The number of carbonyl (C=O) groups is 2. The van der Waals surface area contributed by atoms with E-state index in [1.54, 1.807) is 19.1 Å². The van der Waals surface area contributed by atoms with Gasteiger partial charge in [-0.15, -0.1) is 0 Å². The quantitative estimate of drug-likeness (QED) is 0.812. The number of hydrogen-bond donors (Lipinski definition) is 2. The van der Waals surface area contributed by atoms with Crippen LogP contribution in [-0.2, 0) is 16.0 Å². The van der Waals surface area contributed by atoms with Gasteiger partial charge in [-0.25, -0.2) is 9.18 Å². The maximum Gasteiger partial charge on any atom is 0.326 e. The first kappa shape index (κ1) is 17.1. The van der Waals surface area contributed by atoms with Crippen LogP contribution in [0.5, 0.6) is 0 Å². The first-order valence-corrected chi connectivity index (χ1v) is 7.07. The monoisotopic (exact) mass is 295 g/mol. The van der Waals surface area contributed by atoms with Crippen LogP contribution in [0.25, 0.3) is 0 Å². The summed E-state index contributed by atoms with van der Waals surface area (Å²) in [6.45, 7) is 5.51. The van der Waals surface area contributed by atoms with Gasteiger partial charge >= 0.3 is 5.97 Å². The third kappa shape index (κ3) is 5.94. The Morgan fingerprint density at radius 2 is 1.95 bits per heavy atom. The maximum atomic E-state index is 13.1. The lowest BCUT2D eigenvalue weighted by Crippen LogP contribution is -2.44. The van der Waals surface area contributed by atoms with Crippen molar-refractivity contribution in [2.75, 3.05) is 0 Å². The summed E-state index contributed by atoms with van der Waals surface area (Å²) in [5.74, 6) is -1.95. The number of nitrogens with one attached hydrogen (secondary N) is 1. The molecule has 0 aliphatic heterocycles. The van der Waals surface area contributed by atoms with Crippen molar-refractivity contribution in [2.45, 2.75) is 39.7 Å². The summed E-state index contributed by atoms with van der Waals surface area (Å²) in [7, 11) is 0. The minimum Gasteiger partial charge on any atom is -0.480 e. The third-order valence-corrected chi connectivity index (χ3v) is 3.20. The molecule has 2 N–H and O–H groups in total. The average molecular weight is 295 g/mol. The molecular weight excluding hydrogens is 273 g/mol. The van der Waals surface area contributed by atoms with E-state index in [1.165, 1.54) is 12.1 Å². The van der Waals surface area contributed by atoms with Crippen LogP contribution in [0.4, 0.5) is 4.39 Å². The molecule has 4 nitrogen and oxygen atoms in total. The van der Waals surface area contributed by atoms with Crippen LogP contribution < -0.4 is 5.32 Å². The Labute approximate surface area is 124 Å². The molecule has 1 aromatic carbocycles. The minimum atomic E-state index is -1.03. The fourth-order valence-electron chi connectivity index (χ4n) is 2.12. The topological polar surface area (TPSA) is 66.4 Å². The molecule has 1 aromatic rings. The van der Waals surface area contributed by atoms with Crippen molar-refractivity contribution in [2.24, 2.45) is 11.8 Å². The average Bonchev–Trinajstić information content (AvgIpc) is 2.37. The van der Waals surface area contributed by atoms with Gasteiger partial charge in [0.05, 0.1) is 0 Å². The molecular formula is C16H22FNO3. The minimum absolute atomic E-state index is 0.171. The van der Waals surface area contributed by atoms with Crippen LogP contribution in [0.15, 0.2) is 24.3 Å². The molecule has 0 heterocycles. The lowest BCUT2D eigenvalue weighted by Gasteiger charge is -2.19. The Kier molecular flexibility index (Phi) is 6.34. The van der Waals surface area contributed by atoms with Gasteiger partial charge in [0.2, 0.25) is 5.91 Å². The molecule has 0 saturated carbocycles. The summed E-state index contributed by atoms with van der Waals surface area (Å²) in [4.78, 5) is 23.2. The van der Waals surface area contributed by atoms with Crippen molar-refractivity contribution in [3.8, 4) is 0 Å². The zero-order valence-corrected chi connectivity index (χ0v) is 12.6. The zero-order valence-electron chi connectivity index (χ0n) is 12.6. The van der Waals surface area contributed by atoms with Crippen molar-refractivity contribution >= 4 is 11.9 Å². The first-order chi connectivity index (χ1) is 9.79. The van der Waals surface area contributed by atoms with E-state index in [-0.39, 0.29) is 17.6 Å². The molecule has 5 heteroatoms. The zero-order chi connectivity index (χ0) is 16.0. The summed E-state index contributed by atoms with van der Waals surface area (Å²) in [6, 6.07) is 5.18. The predicted molar refractivity (Wildman–Crippen MR) is 78.3 cm³/mol. The van der Waals surface area contributed by atoms with E-state index in [2.05, 4.69) is 5.32 Å².